The normalized spacial score (nSPS) is 10.9. The van der Waals surface area contributed by atoms with Gasteiger partial charge in [0.1, 0.15) is 0 Å². The highest BCUT2D eigenvalue weighted by atomic mass is 32.1. The van der Waals surface area contributed by atoms with Gasteiger partial charge in [0.2, 0.25) is 0 Å². The summed E-state index contributed by atoms with van der Waals surface area (Å²) in [5.41, 5.74) is 4.99. The third-order valence-corrected chi connectivity index (χ3v) is 4.21. The van der Waals surface area contributed by atoms with Gasteiger partial charge in [0.25, 0.3) is 0 Å². The van der Waals surface area contributed by atoms with Crippen LogP contribution in [0.4, 0.5) is 0 Å². The van der Waals surface area contributed by atoms with E-state index < -0.39 is 0 Å². The van der Waals surface area contributed by atoms with Gasteiger partial charge in [-0.1, -0.05) is 48.5 Å². The zero-order valence-corrected chi connectivity index (χ0v) is 12.0. The number of hydrogen-bond acceptors (Lipinski definition) is 1. The average Bonchev–Trinajstić information content (AvgIpc) is 2.41. The Morgan fingerprint density at radius 2 is 1.37 bits per heavy atom. The number of aryl methyl sites for hydroxylation is 2. The van der Waals surface area contributed by atoms with E-state index in [2.05, 4.69) is 81.1 Å². The van der Waals surface area contributed by atoms with Crippen LogP contribution in [0.25, 0.3) is 21.9 Å². The summed E-state index contributed by atoms with van der Waals surface area (Å²) in [7, 11) is 0. The Bertz CT molecular complexity index is 757. The number of hydrogen-bond donors (Lipinski definition) is 1. The van der Waals surface area contributed by atoms with Gasteiger partial charge >= 0.3 is 0 Å². The molecule has 19 heavy (non-hydrogen) atoms. The van der Waals surface area contributed by atoms with Crippen LogP contribution in [0.3, 0.4) is 0 Å². The van der Waals surface area contributed by atoms with E-state index in [0.717, 1.165) is 4.90 Å². The van der Waals surface area contributed by atoms with E-state index in [1.54, 1.807) is 0 Å². The molecule has 0 nitrogen and oxygen atoms in total. The first-order valence-electron chi connectivity index (χ1n) is 6.45. The largest absolute Gasteiger partial charge is 0.143 e. The van der Waals surface area contributed by atoms with Gasteiger partial charge in [0.15, 0.2) is 0 Å². The van der Waals surface area contributed by atoms with E-state index in [1.807, 2.05) is 0 Å². The molecule has 0 heterocycles. The quantitative estimate of drug-likeness (QED) is 0.558. The highest BCUT2D eigenvalue weighted by Gasteiger charge is 2.08. The Labute approximate surface area is 119 Å². The Morgan fingerprint density at radius 1 is 0.684 bits per heavy atom. The van der Waals surface area contributed by atoms with E-state index in [0.29, 0.717) is 0 Å². The lowest BCUT2D eigenvalue weighted by Gasteiger charge is -2.12. The summed E-state index contributed by atoms with van der Waals surface area (Å²) in [5.74, 6) is 0. The fraction of sp³-hybridized carbons (Fsp3) is 0.111. The molecule has 0 unspecified atom stereocenters. The Hall–Kier alpha value is -1.73. The Balaban J connectivity index is 2.30. The maximum atomic E-state index is 4.66. The topological polar surface area (TPSA) is 0 Å². The first-order valence-corrected chi connectivity index (χ1v) is 6.90. The van der Waals surface area contributed by atoms with E-state index in [9.17, 15) is 0 Å². The third kappa shape index (κ3) is 2.15. The summed E-state index contributed by atoms with van der Waals surface area (Å²) in [6, 6.07) is 19.3. The molecular formula is C18H16S. The standard InChI is InChI=1S/C18H16S/c1-12-6-5-9-16(18(12)19)17-11-15-8-4-3-7-14(15)10-13(17)2/h3-11,19H,1-2H3. The summed E-state index contributed by atoms with van der Waals surface area (Å²) < 4.78 is 0. The molecule has 0 saturated carbocycles. The zero-order valence-electron chi connectivity index (χ0n) is 11.1. The minimum absolute atomic E-state index is 1.07. The summed E-state index contributed by atoms with van der Waals surface area (Å²) >= 11 is 4.66. The minimum Gasteiger partial charge on any atom is -0.143 e. The molecule has 0 atom stereocenters. The van der Waals surface area contributed by atoms with Crippen molar-refractivity contribution in [2.75, 3.05) is 0 Å². The molecule has 3 aromatic carbocycles. The molecule has 0 aliphatic carbocycles. The molecule has 0 fully saturated rings. The third-order valence-electron chi connectivity index (χ3n) is 3.62. The van der Waals surface area contributed by atoms with Gasteiger partial charge in [-0.15, -0.1) is 12.6 Å². The van der Waals surface area contributed by atoms with Crippen LogP contribution < -0.4 is 0 Å². The van der Waals surface area contributed by atoms with Crippen molar-refractivity contribution in [1.29, 1.82) is 0 Å². The lowest BCUT2D eigenvalue weighted by atomic mass is 9.95. The lowest BCUT2D eigenvalue weighted by molar-refractivity contribution is 1.30. The van der Waals surface area contributed by atoms with Crippen LogP contribution >= 0.6 is 12.6 Å². The zero-order chi connectivity index (χ0) is 13.4. The van der Waals surface area contributed by atoms with Gasteiger partial charge < -0.3 is 0 Å². The van der Waals surface area contributed by atoms with E-state index in [1.165, 1.54) is 33.0 Å². The highest BCUT2D eigenvalue weighted by Crippen LogP contribution is 2.33. The second-order valence-corrected chi connectivity index (χ2v) is 5.43. The fourth-order valence-corrected chi connectivity index (χ4v) is 2.79. The predicted octanol–water partition coefficient (Wildman–Crippen LogP) is 5.41. The maximum Gasteiger partial charge on any atom is 0.0148 e. The molecule has 0 radical (unpaired) electrons. The number of benzene rings is 3. The second kappa shape index (κ2) is 4.75. The number of fused-ring (bicyclic) bond motifs is 1. The summed E-state index contributed by atoms with van der Waals surface area (Å²) in [6.07, 6.45) is 0. The minimum atomic E-state index is 1.07. The predicted molar refractivity (Wildman–Crippen MR) is 86.1 cm³/mol. The fourth-order valence-electron chi connectivity index (χ4n) is 2.52. The molecule has 3 rings (SSSR count). The van der Waals surface area contributed by atoms with Crippen LogP contribution in [-0.2, 0) is 0 Å². The van der Waals surface area contributed by atoms with Gasteiger partial charge in [-0.2, -0.15) is 0 Å². The molecule has 94 valence electrons. The molecule has 1 heteroatoms. The first-order chi connectivity index (χ1) is 9.16. The van der Waals surface area contributed by atoms with Crippen molar-refractivity contribution in [2.24, 2.45) is 0 Å². The molecule has 0 aromatic heterocycles. The molecule has 0 amide bonds. The lowest BCUT2D eigenvalue weighted by Crippen LogP contribution is -1.88. The summed E-state index contributed by atoms with van der Waals surface area (Å²) in [5, 5.41) is 2.56. The van der Waals surface area contributed by atoms with E-state index in [-0.39, 0.29) is 0 Å². The number of rotatable bonds is 1. The summed E-state index contributed by atoms with van der Waals surface area (Å²) in [6.45, 7) is 4.26. The van der Waals surface area contributed by atoms with Crippen molar-refractivity contribution < 1.29 is 0 Å². The van der Waals surface area contributed by atoms with Gasteiger partial charge in [-0.3, -0.25) is 0 Å². The van der Waals surface area contributed by atoms with Crippen molar-refractivity contribution in [3.63, 3.8) is 0 Å². The Kier molecular flexibility index (Phi) is 3.08. The van der Waals surface area contributed by atoms with Gasteiger partial charge in [-0.05, 0) is 52.9 Å². The van der Waals surface area contributed by atoms with Crippen molar-refractivity contribution >= 4 is 23.4 Å². The van der Waals surface area contributed by atoms with Crippen LogP contribution in [-0.4, -0.2) is 0 Å². The van der Waals surface area contributed by atoms with Crippen LogP contribution in [0.1, 0.15) is 11.1 Å². The highest BCUT2D eigenvalue weighted by molar-refractivity contribution is 7.80. The van der Waals surface area contributed by atoms with Crippen molar-refractivity contribution in [3.05, 3.63) is 65.7 Å². The average molecular weight is 264 g/mol. The first kappa shape index (κ1) is 12.3. The van der Waals surface area contributed by atoms with Crippen LogP contribution in [0.5, 0.6) is 0 Å². The molecule has 0 saturated heterocycles. The van der Waals surface area contributed by atoms with Crippen molar-refractivity contribution in [2.45, 2.75) is 18.7 Å². The molecule has 0 spiro atoms. The monoisotopic (exact) mass is 264 g/mol. The summed E-state index contributed by atoms with van der Waals surface area (Å²) in [4.78, 5) is 1.07. The van der Waals surface area contributed by atoms with E-state index in [4.69, 9.17) is 0 Å². The molecule has 0 aliphatic heterocycles. The molecule has 3 aromatic rings. The molecule has 0 bridgehead atoms. The van der Waals surface area contributed by atoms with Gasteiger partial charge in [0, 0.05) is 4.90 Å². The van der Waals surface area contributed by atoms with Crippen molar-refractivity contribution in [3.8, 4) is 11.1 Å². The Morgan fingerprint density at radius 3 is 2.11 bits per heavy atom. The molecule has 0 N–H and O–H groups in total. The van der Waals surface area contributed by atoms with Crippen LogP contribution in [0, 0.1) is 13.8 Å². The SMILES string of the molecule is Cc1cc2ccccc2cc1-c1cccc(C)c1S. The second-order valence-electron chi connectivity index (χ2n) is 4.99. The maximum absolute atomic E-state index is 4.66. The smallest absolute Gasteiger partial charge is 0.0148 e. The van der Waals surface area contributed by atoms with Gasteiger partial charge in [-0.25, -0.2) is 0 Å². The van der Waals surface area contributed by atoms with Crippen molar-refractivity contribution in [1.82, 2.24) is 0 Å². The van der Waals surface area contributed by atoms with E-state index >= 15 is 0 Å². The van der Waals surface area contributed by atoms with Crippen LogP contribution in [0.15, 0.2) is 59.5 Å². The molecule has 0 aliphatic rings. The van der Waals surface area contributed by atoms with Crippen LogP contribution in [0.2, 0.25) is 0 Å². The number of thiol groups is 1. The van der Waals surface area contributed by atoms with Gasteiger partial charge in [0.05, 0.1) is 0 Å². The molecular weight excluding hydrogens is 248 g/mol.